The van der Waals surface area contributed by atoms with Gasteiger partial charge in [-0.05, 0) is 56.0 Å². The van der Waals surface area contributed by atoms with Crippen molar-refractivity contribution in [3.05, 3.63) is 33.8 Å². The summed E-state index contributed by atoms with van der Waals surface area (Å²) in [5, 5.41) is 4.74. The Morgan fingerprint density at radius 2 is 1.94 bits per heavy atom. The van der Waals surface area contributed by atoms with Gasteiger partial charge in [0.25, 0.3) is 0 Å². The number of benzene rings is 1. The van der Waals surface area contributed by atoms with Crippen molar-refractivity contribution in [2.75, 3.05) is 13.6 Å². The zero-order chi connectivity index (χ0) is 12.8. The lowest BCUT2D eigenvalue weighted by atomic mass is 9.91. The molecular weight excluding hydrogens is 253 g/mol. The zero-order valence-corrected chi connectivity index (χ0v) is 12.3. The van der Waals surface area contributed by atoms with Crippen LogP contribution in [-0.2, 0) is 6.42 Å². The van der Waals surface area contributed by atoms with Crippen LogP contribution in [0.1, 0.15) is 25.8 Å². The molecule has 3 heteroatoms. The van der Waals surface area contributed by atoms with Crippen LogP contribution in [0.15, 0.2) is 18.2 Å². The molecule has 0 bridgehead atoms. The Kier molecular flexibility index (Phi) is 6.32. The first-order valence-electron chi connectivity index (χ1n) is 6.11. The van der Waals surface area contributed by atoms with E-state index in [4.69, 9.17) is 23.2 Å². The fourth-order valence-corrected chi connectivity index (χ4v) is 2.68. The molecule has 1 atom stereocenters. The summed E-state index contributed by atoms with van der Waals surface area (Å²) in [6, 6.07) is 5.77. The van der Waals surface area contributed by atoms with Gasteiger partial charge in [-0.3, -0.25) is 0 Å². The van der Waals surface area contributed by atoms with Crippen molar-refractivity contribution in [1.29, 1.82) is 0 Å². The van der Waals surface area contributed by atoms with E-state index in [-0.39, 0.29) is 0 Å². The molecule has 0 aromatic heterocycles. The average molecular weight is 274 g/mol. The summed E-state index contributed by atoms with van der Waals surface area (Å²) in [6.45, 7) is 5.54. The SMILES string of the molecule is CNCC(Cc1ccc(Cl)cc1Cl)CC(C)C. The van der Waals surface area contributed by atoms with Crippen LogP contribution in [0.5, 0.6) is 0 Å². The van der Waals surface area contributed by atoms with E-state index < -0.39 is 0 Å². The molecule has 0 saturated heterocycles. The number of halogens is 2. The predicted molar refractivity (Wildman–Crippen MR) is 77.0 cm³/mol. The Balaban J connectivity index is 2.71. The largest absolute Gasteiger partial charge is 0.319 e. The highest BCUT2D eigenvalue weighted by Gasteiger charge is 2.13. The summed E-state index contributed by atoms with van der Waals surface area (Å²) in [5.74, 6) is 1.33. The predicted octanol–water partition coefficient (Wildman–Crippen LogP) is 4.42. The molecule has 0 heterocycles. The molecular formula is C14H21Cl2N. The fourth-order valence-electron chi connectivity index (χ4n) is 2.19. The summed E-state index contributed by atoms with van der Waals surface area (Å²) in [7, 11) is 2.00. The normalized spacial score (nSPS) is 13.1. The lowest BCUT2D eigenvalue weighted by molar-refractivity contribution is 0.395. The molecule has 0 spiro atoms. The van der Waals surface area contributed by atoms with Crippen molar-refractivity contribution in [1.82, 2.24) is 5.32 Å². The van der Waals surface area contributed by atoms with E-state index in [1.165, 1.54) is 12.0 Å². The van der Waals surface area contributed by atoms with Crippen molar-refractivity contribution < 1.29 is 0 Å². The van der Waals surface area contributed by atoms with Crippen molar-refractivity contribution in [2.45, 2.75) is 26.7 Å². The minimum atomic E-state index is 0.624. The summed E-state index contributed by atoms with van der Waals surface area (Å²) >= 11 is 12.1. The maximum atomic E-state index is 6.21. The third-order valence-corrected chi connectivity index (χ3v) is 3.41. The quantitative estimate of drug-likeness (QED) is 0.809. The molecule has 1 rings (SSSR count). The smallest absolute Gasteiger partial charge is 0.0452 e. The average Bonchev–Trinajstić information content (AvgIpc) is 2.21. The van der Waals surface area contributed by atoms with Crippen LogP contribution in [0, 0.1) is 11.8 Å². The first-order valence-corrected chi connectivity index (χ1v) is 6.87. The minimum absolute atomic E-state index is 0.624. The van der Waals surface area contributed by atoms with Crippen LogP contribution in [-0.4, -0.2) is 13.6 Å². The van der Waals surface area contributed by atoms with Gasteiger partial charge in [0, 0.05) is 10.0 Å². The molecule has 1 N–H and O–H groups in total. The molecule has 17 heavy (non-hydrogen) atoms. The van der Waals surface area contributed by atoms with Crippen LogP contribution in [0.25, 0.3) is 0 Å². The lowest BCUT2D eigenvalue weighted by Gasteiger charge is -2.19. The highest BCUT2D eigenvalue weighted by Crippen LogP contribution is 2.25. The standard InChI is InChI=1S/C14H21Cl2N/c1-10(2)6-11(9-17-3)7-12-4-5-13(15)8-14(12)16/h4-5,8,10-11,17H,6-7,9H2,1-3H3. The first-order chi connectivity index (χ1) is 8.02. The maximum Gasteiger partial charge on any atom is 0.0452 e. The van der Waals surface area contributed by atoms with Crippen molar-refractivity contribution in [2.24, 2.45) is 11.8 Å². The third-order valence-electron chi connectivity index (χ3n) is 2.82. The van der Waals surface area contributed by atoms with Crippen LogP contribution in [0.3, 0.4) is 0 Å². The molecule has 0 saturated carbocycles. The van der Waals surface area contributed by atoms with Gasteiger partial charge in [-0.1, -0.05) is 43.1 Å². The van der Waals surface area contributed by atoms with Crippen LogP contribution >= 0.6 is 23.2 Å². The summed E-state index contributed by atoms with van der Waals surface area (Å²) in [6.07, 6.45) is 2.22. The van der Waals surface area contributed by atoms with E-state index in [1.807, 2.05) is 25.2 Å². The fraction of sp³-hybridized carbons (Fsp3) is 0.571. The zero-order valence-electron chi connectivity index (χ0n) is 10.8. The molecule has 1 unspecified atom stereocenters. The van der Waals surface area contributed by atoms with Crippen LogP contribution in [0.2, 0.25) is 10.0 Å². The van der Waals surface area contributed by atoms with E-state index in [0.29, 0.717) is 16.9 Å². The van der Waals surface area contributed by atoms with Crippen molar-refractivity contribution >= 4 is 23.2 Å². The second-order valence-corrected chi connectivity index (χ2v) is 5.84. The summed E-state index contributed by atoms with van der Waals surface area (Å²) < 4.78 is 0. The van der Waals surface area contributed by atoms with E-state index in [1.54, 1.807) is 0 Å². The molecule has 0 radical (unpaired) electrons. The van der Waals surface area contributed by atoms with Gasteiger partial charge in [-0.25, -0.2) is 0 Å². The summed E-state index contributed by atoms with van der Waals surface area (Å²) in [5.41, 5.74) is 1.19. The second-order valence-electron chi connectivity index (χ2n) is 4.99. The Hall–Kier alpha value is -0.240. The molecule has 1 nitrogen and oxygen atoms in total. The molecule has 0 aliphatic carbocycles. The topological polar surface area (TPSA) is 12.0 Å². The van der Waals surface area contributed by atoms with E-state index >= 15 is 0 Å². The van der Waals surface area contributed by atoms with Gasteiger partial charge >= 0.3 is 0 Å². The second kappa shape index (κ2) is 7.25. The Bertz CT molecular complexity index is 350. The number of nitrogens with one attached hydrogen (secondary N) is 1. The molecule has 0 aliphatic rings. The molecule has 96 valence electrons. The molecule has 1 aromatic rings. The van der Waals surface area contributed by atoms with Crippen LogP contribution in [0.4, 0.5) is 0 Å². The van der Waals surface area contributed by atoms with Gasteiger partial charge in [0.2, 0.25) is 0 Å². The summed E-state index contributed by atoms with van der Waals surface area (Å²) in [4.78, 5) is 0. The van der Waals surface area contributed by atoms with Crippen LogP contribution < -0.4 is 5.32 Å². The molecule has 0 fully saturated rings. The Labute approximate surface area is 115 Å². The van der Waals surface area contributed by atoms with E-state index in [9.17, 15) is 0 Å². The molecule has 0 amide bonds. The first kappa shape index (κ1) is 14.8. The highest BCUT2D eigenvalue weighted by molar-refractivity contribution is 6.35. The van der Waals surface area contributed by atoms with Gasteiger partial charge in [0.05, 0.1) is 0 Å². The third kappa shape index (κ3) is 5.29. The minimum Gasteiger partial charge on any atom is -0.319 e. The van der Waals surface area contributed by atoms with Gasteiger partial charge < -0.3 is 5.32 Å². The molecule has 0 aliphatic heterocycles. The Morgan fingerprint density at radius 3 is 2.47 bits per heavy atom. The van der Waals surface area contributed by atoms with Crippen molar-refractivity contribution in [3.8, 4) is 0 Å². The van der Waals surface area contributed by atoms with E-state index in [0.717, 1.165) is 18.0 Å². The lowest BCUT2D eigenvalue weighted by Crippen LogP contribution is -2.22. The van der Waals surface area contributed by atoms with Gasteiger partial charge in [-0.15, -0.1) is 0 Å². The highest BCUT2D eigenvalue weighted by atomic mass is 35.5. The molecule has 1 aromatic carbocycles. The monoisotopic (exact) mass is 273 g/mol. The maximum absolute atomic E-state index is 6.21. The number of hydrogen-bond acceptors (Lipinski definition) is 1. The van der Waals surface area contributed by atoms with Gasteiger partial charge in [0.15, 0.2) is 0 Å². The number of rotatable bonds is 6. The van der Waals surface area contributed by atoms with Gasteiger partial charge in [0.1, 0.15) is 0 Å². The van der Waals surface area contributed by atoms with E-state index in [2.05, 4.69) is 19.2 Å². The Morgan fingerprint density at radius 1 is 1.24 bits per heavy atom. The van der Waals surface area contributed by atoms with Crippen molar-refractivity contribution in [3.63, 3.8) is 0 Å². The van der Waals surface area contributed by atoms with Gasteiger partial charge in [-0.2, -0.15) is 0 Å². The number of hydrogen-bond donors (Lipinski definition) is 1.